The van der Waals surface area contributed by atoms with Crippen LogP contribution in [0, 0.1) is 0 Å². The van der Waals surface area contributed by atoms with Gasteiger partial charge in [-0.1, -0.05) is 18.2 Å². The summed E-state index contributed by atoms with van der Waals surface area (Å²) in [6.07, 6.45) is 11.6. The fraction of sp³-hybridized carbons (Fsp3) is 0.429. The number of hydrogen-bond donors (Lipinski definition) is 1. The number of nitrogens with one attached hydrogen (secondary N) is 1. The first-order valence-electron chi connectivity index (χ1n) is 9.41. The Morgan fingerprint density at radius 3 is 2.88 bits per heavy atom. The van der Waals surface area contributed by atoms with E-state index in [1.165, 1.54) is 24.0 Å². The lowest BCUT2D eigenvalue weighted by Gasteiger charge is -2.36. The number of carbonyl (C=O) groups excluding carboxylic acids is 1. The number of hydrogen-bond acceptors (Lipinski definition) is 2. The Balaban J connectivity index is 1.55. The van der Waals surface area contributed by atoms with Crippen molar-refractivity contribution in [3.63, 3.8) is 0 Å². The van der Waals surface area contributed by atoms with Gasteiger partial charge in [0.1, 0.15) is 0 Å². The zero-order chi connectivity index (χ0) is 17.1. The zero-order valence-corrected chi connectivity index (χ0v) is 14.6. The van der Waals surface area contributed by atoms with Gasteiger partial charge in [-0.05, 0) is 73.8 Å². The van der Waals surface area contributed by atoms with Crippen LogP contribution in [0.15, 0.2) is 42.7 Å². The third kappa shape index (κ3) is 3.39. The van der Waals surface area contributed by atoms with Gasteiger partial charge in [-0.3, -0.25) is 4.98 Å². The second-order valence-electron chi connectivity index (χ2n) is 7.07. The highest BCUT2D eigenvalue weighted by Crippen LogP contribution is 2.32. The summed E-state index contributed by atoms with van der Waals surface area (Å²) in [5.74, 6) is 0. The molecule has 0 bridgehead atoms. The van der Waals surface area contributed by atoms with Crippen LogP contribution in [0.5, 0.6) is 0 Å². The van der Waals surface area contributed by atoms with E-state index < -0.39 is 0 Å². The highest BCUT2D eigenvalue weighted by Gasteiger charge is 2.28. The van der Waals surface area contributed by atoms with Gasteiger partial charge in [-0.25, -0.2) is 4.79 Å². The van der Waals surface area contributed by atoms with E-state index in [2.05, 4.69) is 28.5 Å². The SMILES string of the molecule is O=C(Nc1cccc2c1CCCC2)N1CCCC[C@@H]1c1cccnc1. The molecule has 1 N–H and O–H groups in total. The van der Waals surface area contributed by atoms with Crippen molar-refractivity contribution in [3.05, 3.63) is 59.4 Å². The van der Waals surface area contributed by atoms with E-state index in [9.17, 15) is 4.79 Å². The number of fused-ring (bicyclic) bond motifs is 1. The Kier molecular flexibility index (Phi) is 4.68. The Morgan fingerprint density at radius 1 is 1.08 bits per heavy atom. The number of amides is 2. The zero-order valence-electron chi connectivity index (χ0n) is 14.6. The van der Waals surface area contributed by atoms with Crippen molar-refractivity contribution in [2.45, 2.75) is 51.0 Å². The van der Waals surface area contributed by atoms with E-state index in [4.69, 9.17) is 0 Å². The lowest BCUT2D eigenvalue weighted by Crippen LogP contribution is -2.41. The van der Waals surface area contributed by atoms with Crippen molar-refractivity contribution in [2.24, 2.45) is 0 Å². The number of benzene rings is 1. The monoisotopic (exact) mass is 335 g/mol. The summed E-state index contributed by atoms with van der Waals surface area (Å²) in [7, 11) is 0. The summed E-state index contributed by atoms with van der Waals surface area (Å²) in [4.78, 5) is 19.3. The second-order valence-corrected chi connectivity index (χ2v) is 7.07. The van der Waals surface area contributed by atoms with Crippen molar-refractivity contribution >= 4 is 11.7 Å². The van der Waals surface area contributed by atoms with Crippen LogP contribution in [0.1, 0.15) is 54.8 Å². The predicted octanol–water partition coefficient (Wildman–Crippen LogP) is 4.72. The Hall–Kier alpha value is -2.36. The van der Waals surface area contributed by atoms with Crippen LogP contribution in [-0.4, -0.2) is 22.5 Å². The maximum Gasteiger partial charge on any atom is 0.322 e. The number of carbonyl (C=O) groups is 1. The molecule has 2 heterocycles. The first kappa shape index (κ1) is 16.1. The number of pyridine rings is 1. The molecule has 1 saturated heterocycles. The smallest absolute Gasteiger partial charge is 0.317 e. The minimum Gasteiger partial charge on any atom is -0.317 e. The Labute approximate surface area is 149 Å². The average molecular weight is 335 g/mol. The van der Waals surface area contributed by atoms with E-state index in [1.54, 1.807) is 6.20 Å². The number of rotatable bonds is 2. The van der Waals surface area contributed by atoms with Gasteiger partial charge >= 0.3 is 6.03 Å². The molecule has 1 atom stereocenters. The minimum atomic E-state index is 0.0209. The van der Waals surface area contributed by atoms with E-state index >= 15 is 0 Å². The molecule has 0 saturated carbocycles. The highest BCUT2D eigenvalue weighted by molar-refractivity contribution is 5.90. The third-order valence-electron chi connectivity index (χ3n) is 5.47. The molecule has 25 heavy (non-hydrogen) atoms. The maximum atomic E-state index is 13.0. The van der Waals surface area contributed by atoms with Crippen LogP contribution in [0.4, 0.5) is 10.5 Å². The van der Waals surface area contributed by atoms with E-state index in [0.29, 0.717) is 0 Å². The molecule has 1 aromatic heterocycles. The summed E-state index contributed by atoms with van der Waals surface area (Å²) < 4.78 is 0. The first-order valence-corrected chi connectivity index (χ1v) is 9.41. The fourth-order valence-electron chi connectivity index (χ4n) is 4.18. The van der Waals surface area contributed by atoms with Crippen LogP contribution in [-0.2, 0) is 12.8 Å². The molecular weight excluding hydrogens is 310 g/mol. The van der Waals surface area contributed by atoms with Gasteiger partial charge in [-0.15, -0.1) is 0 Å². The van der Waals surface area contributed by atoms with Crippen LogP contribution < -0.4 is 5.32 Å². The topological polar surface area (TPSA) is 45.2 Å². The van der Waals surface area contributed by atoms with Crippen molar-refractivity contribution in [1.82, 2.24) is 9.88 Å². The van der Waals surface area contributed by atoms with Gasteiger partial charge < -0.3 is 10.2 Å². The number of aryl methyl sites for hydroxylation is 1. The molecule has 1 aliphatic heterocycles. The number of nitrogens with zero attached hydrogens (tertiary/aromatic N) is 2. The molecule has 1 aromatic carbocycles. The van der Waals surface area contributed by atoms with Crippen molar-refractivity contribution < 1.29 is 4.79 Å². The van der Waals surface area contributed by atoms with Crippen molar-refractivity contribution in [3.8, 4) is 0 Å². The summed E-state index contributed by atoms with van der Waals surface area (Å²) in [6, 6.07) is 10.5. The van der Waals surface area contributed by atoms with Crippen LogP contribution in [0.25, 0.3) is 0 Å². The molecule has 0 radical (unpaired) electrons. The predicted molar refractivity (Wildman–Crippen MR) is 99.6 cm³/mol. The fourth-order valence-corrected chi connectivity index (χ4v) is 4.18. The standard InChI is InChI=1S/C21H25N3O/c25-21(23-19-11-5-8-16-7-1-2-10-18(16)19)24-14-4-3-12-20(24)17-9-6-13-22-15-17/h5-6,8-9,11,13,15,20H,1-4,7,10,12,14H2,(H,23,25)/t20-/m1/s1. The molecule has 0 spiro atoms. The second kappa shape index (κ2) is 7.26. The Bertz CT molecular complexity index is 744. The van der Waals surface area contributed by atoms with Gasteiger partial charge in [-0.2, -0.15) is 0 Å². The van der Waals surface area contributed by atoms with Crippen LogP contribution >= 0.6 is 0 Å². The highest BCUT2D eigenvalue weighted by atomic mass is 16.2. The lowest BCUT2D eigenvalue weighted by atomic mass is 9.90. The average Bonchev–Trinajstić information content (AvgIpc) is 2.69. The van der Waals surface area contributed by atoms with Crippen LogP contribution in [0.2, 0.25) is 0 Å². The molecule has 1 fully saturated rings. The van der Waals surface area contributed by atoms with Gasteiger partial charge in [0.05, 0.1) is 6.04 Å². The Morgan fingerprint density at radius 2 is 2.00 bits per heavy atom. The number of piperidine rings is 1. The van der Waals surface area contributed by atoms with Gasteiger partial charge in [0, 0.05) is 24.6 Å². The molecule has 2 aliphatic rings. The largest absolute Gasteiger partial charge is 0.322 e. The summed E-state index contributed by atoms with van der Waals surface area (Å²) >= 11 is 0. The van der Waals surface area contributed by atoms with E-state index in [1.807, 2.05) is 23.2 Å². The van der Waals surface area contributed by atoms with E-state index in [0.717, 1.165) is 49.9 Å². The van der Waals surface area contributed by atoms with Crippen molar-refractivity contribution in [2.75, 3.05) is 11.9 Å². The normalized spacial score (nSPS) is 20.0. The number of anilines is 1. The van der Waals surface area contributed by atoms with Gasteiger partial charge in [0.25, 0.3) is 0 Å². The maximum absolute atomic E-state index is 13.0. The molecule has 1 aliphatic carbocycles. The number of urea groups is 1. The molecule has 4 nitrogen and oxygen atoms in total. The van der Waals surface area contributed by atoms with Gasteiger partial charge in [0.15, 0.2) is 0 Å². The molecule has 2 amide bonds. The summed E-state index contributed by atoms with van der Waals surface area (Å²) in [6.45, 7) is 0.806. The lowest BCUT2D eigenvalue weighted by molar-refractivity contribution is 0.163. The quantitative estimate of drug-likeness (QED) is 0.863. The minimum absolute atomic E-state index is 0.0209. The molecule has 0 unspecified atom stereocenters. The van der Waals surface area contributed by atoms with E-state index in [-0.39, 0.29) is 12.1 Å². The first-order chi connectivity index (χ1) is 12.3. The molecule has 2 aromatic rings. The molecular formula is C21H25N3O. The van der Waals surface area contributed by atoms with Crippen LogP contribution in [0.3, 0.4) is 0 Å². The summed E-state index contributed by atoms with van der Waals surface area (Å²) in [5.41, 5.74) is 4.86. The van der Waals surface area contributed by atoms with Gasteiger partial charge in [0.2, 0.25) is 0 Å². The summed E-state index contributed by atoms with van der Waals surface area (Å²) in [5, 5.41) is 3.21. The molecule has 130 valence electrons. The number of aromatic nitrogens is 1. The van der Waals surface area contributed by atoms with Crippen molar-refractivity contribution in [1.29, 1.82) is 0 Å². The molecule has 4 heteroatoms. The third-order valence-corrected chi connectivity index (χ3v) is 5.47. The molecule has 4 rings (SSSR count). The number of likely N-dealkylation sites (tertiary alicyclic amines) is 1.